The molecule has 0 bridgehead atoms. The summed E-state index contributed by atoms with van der Waals surface area (Å²) in [5, 5.41) is 17.8. The Morgan fingerprint density at radius 3 is 2.55 bits per heavy atom. The highest BCUT2D eigenvalue weighted by molar-refractivity contribution is 6.33. The van der Waals surface area contributed by atoms with Crippen molar-refractivity contribution >= 4 is 29.1 Å². The van der Waals surface area contributed by atoms with Gasteiger partial charge in [-0.15, -0.1) is 0 Å². The first-order chi connectivity index (χ1) is 13.9. The minimum atomic E-state index is -0.604. The standard InChI is InChI=1S/C20H16ClN3O5/c1-28-19-8-4-12(10-20(19)29-2)16-11-14(22-23-16)5-7-18(25)13-3-6-17(24(26)27)15(21)9-13/h3-11H,1-2H3,(H,22,23)/b7-5+. The normalized spacial score (nSPS) is 10.9. The predicted octanol–water partition coefficient (Wildman–Crippen LogP) is 4.55. The van der Waals surface area contributed by atoms with Crippen LogP contribution in [0.4, 0.5) is 5.69 Å². The van der Waals surface area contributed by atoms with E-state index in [4.69, 9.17) is 21.1 Å². The number of methoxy groups -OCH3 is 2. The van der Waals surface area contributed by atoms with Gasteiger partial charge in [0, 0.05) is 17.2 Å². The van der Waals surface area contributed by atoms with Crippen molar-refractivity contribution in [2.75, 3.05) is 14.2 Å². The maximum Gasteiger partial charge on any atom is 0.287 e. The van der Waals surface area contributed by atoms with Crippen molar-refractivity contribution < 1.29 is 19.2 Å². The predicted molar refractivity (Wildman–Crippen MR) is 109 cm³/mol. The molecule has 0 atom stereocenters. The second kappa shape index (κ2) is 8.57. The largest absolute Gasteiger partial charge is 0.493 e. The summed E-state index contributed by atoms with van der Waals surface area (Å²) in [7, 11) is 3.11. The Bertz CT molecular complexity index is 1110. The van der Waals surface area contributed by atoms with Crippen molar-refractivity contribution in [3.05, 3.63) is 74.9 Å². The first-order valence-corrected chi connectivity index (χ1v) is 8.75. The molecule has 0 saturated carbocycles. The lowest BCUT2D eigenvalue weighted by molar-refractivity contribution is -0.384. The fraction of sp³-hybridized carbons (Fsp3) is 0.100. The molecule has 0 unspecified atom stereocenters. The van der Waals surface area contributed by atoms with Gasteiger partial charge in [0.25, 0.3) is 5.69 Å². The van der Waals surface area contributed by atoms with E-state index in [9.17, 15) is 14.9 Å². The van der Waals surface area contributed by atoms with E-state index in [1.54, 1.807) is 38.5 Å². The molecule has 0 aliphatic carbocycles. The maximum atomic E-state index is 12.3. The number of allylic oxidation sites excluding steroid dienone is 1. The Morgan fingerprint density at radius 2 is 1.90 bits per heavy atom. The van der Waals surface area contributed by atoms with Crippen LogP contribution in [0, 0.1) is 10.1 Å². The van der Waals surface area contributed by atoms with Crippen LogP contribution in [0.25, 0.3) is 17.3 Å². The van der Waals surface area contributed by atoms with E-state index in [0.29, 0.717) is 22.9 Å². The number of hydrogen-bond donors (Lipinski definition) is 1. The van der Waals surface area contributed by atoms with Crippen LogP contribution in [0.3, 0.4) is 0 Å². The lowest BCUT2D eigenvalue weighted by Crippen LogP contribution is -1.96. The Morgan fingerprint density at radius 1 is 1.14 bits per heavy atom. The number of nitrogens with zero attached hydrogens (tertiary/aromatic N) is 2. The van der Waals surface area contributed by atoms with Gasteiger partial charge >= 0.3 is 0 Å². The quantitative estimate of drug-likeness (QED) is 0.263. The summed E-state index contributed by atoms with van der Waals surface area (Å²) in [5.74, 6) is 0.846. The summed E-state index contributed by atoms with van der Waals surface area (Å²) in [4.78, 5) is 22.5. The Kier molecular flexibility index (Phi) is 5.94. The number of aromatic nitrogens is 2. The number of carbonyl (C=O) groups is 1. The Balaban J connectivity index is 1.78. The first kappa shape index (κ1) is 20.1. The fourth-order valence-corrected chi connectivity index (χ4v) is 2.88. The van der Waals surface area contributed by atoms with Crippen molar-refractivity contribution in [3.63, 3.8) is 0 Å². The van der Waals surface area contributed by atoms with Crippen molar-refractivity contribution in [2.24, 2.45) is 0 Å². The molecule has 8 nitrogen and oxygen atoms in total. The molecule has 29 heavy (non-hydrogen) atoms. The Hall–Kier alpha value is -3.65. The summed E-state index contributed by atoms with van der Waals surface area (Å²) in [6.45, 7) is 0. The van der Waals surface area contributed by atoms with E-state index in [1.807, 2.05) is 6.07 Å². The zero-order valence-electron chi connectivity index (χ0n) is 15.5. The molecule has 0 saturated heterocycles. The molecule has 1 aromatic heterocycles. The van der Waals surface area contributed by atoms with Gasteiger partial charge in [0.2, 0.25) is 0 Å². The molecule has 3 aromatic rings. The van der Waals surface area contributed by atoms with Gasteiger partial charge in [-0.2, -0.15) is 5.10 Å². The maximum absolute atomic E-state index is 12.3. The van der Waals surface area contributed by atoms with Gasteiger partial charge in [-0.3, -0.25) is 20.0 Å². The van der Waals surface area contributed by atoms with Crippen molar-refractivity contribution in [1.82, 2.24) is 10.2 Å². The average molecular weight is 414 g/mol. The third-order valence-electron chi connectivity index (χ3n) is 4.12. The van der Waals surface area contributed by atoms with E-state index in [1.165, 1.54) is 24.3 Å². The monoisotopic (exact) mass is 413 g/mol. The smallest absolute Gasteiger partial charge is 0.287 e. The lowest BCUT2D eigenvalue weighted by Gasteiger charge is -2.08. The minimum Gasteiger partial charge on any atom is -0.493 e. The molecular formula is C20H16ClN3O5. The fourth-order valence-electron chi connectivity index (χ4n) is 2.64. The number of hydrogen-bond acceptors (Lipinski definition) is 6. The molecule has 0 amide bonds. The number of benzene rings is 2. The van der Waals surface area contributed by atoms with E-state index < -0.39 is 4.92 Å². The summed E-state index contributed by atoms with van der Waals surface area (Å²) in [6.07, 6.45) is 2.90. The lowest BCUT2D eigenvalue weighted by atomic mass is 10.1. The summed E-state index contributed by atoms with van der Waals surface area (Å²) >= 11 is 5.85. The van der Waals surface area contributed by atoms with Crippen LogP contribution in [-0.2, 0) is 0 Å². The SMILES string of the molecule is COc1ccc(-c2cc(/C=C/C(=O)c3ccc([N+](=O)[O-])c(Cl)c3)[nH]n2)cc1OC. The number of ketones is 1. The molecule has 0 radical (unpaired) electrons. The molecular weight excluding hydrogens is 398 g/mol. The molecule has 1 heterocycles. The zero-order chi connectivity index (χ0) is 21.0. The number of rotatable bonds is 7. The first-order valence-electron chi connectivity index (χ1n) is 8.37. The third-order valence-corrected chi connectivity index (χ3v) is 4.42. The van der Waals surface area contributed by atoms with Gasteiger partial charge in [0.15, 0.2) is 17.3 Å². The van der Waals surface area contributed by atoms with Crippen LogP contribution in [-0.4, -0.2) is 35.1 Å². The van der Waals surface area contributed by atoms with Gasteiger partial charge in [-0.05, 0) is 48.6 Å². The van der Waals surface area contributed by atoms with Crippen LogP contribution < -0.4 is 9.47 Å². The summed E-state index contributed by atoms with van der Waals surface area (Å²) in [5.41, 5.74) is 2.08. The van der Waals surface area contributed by atoms with Crippen LogP contribution in [0.5, 0.6) is 11.5 Å². The molecule has 148 valence electrons. The van der Waals surface area contributed by atoms with Crippen molar-refractivity contribution in [1.29, 1.82) is 0 Å². The highest BCUT2D eigenvalue weighted by Gasteiger charge is 2.14. The number of aromatic amines is 1. The number of carbonyl (C=O) groups excluding carboxylic acids is 1. The summed E-state index contributed by atoms with van der Waals surface area (Å²) in [6, 6.07) is 11.0. The topological polar surface area (TPSA) is 107 Å². The van der Waals surface area contributed by atoms with Gasteiger partial charge < -0.3 is 9.47 Å². The van der Waals surface area contributed by atoms with Gasteiger partial charge in [0.05, 0.1) is 30.5 Å². The van der Waals surface area contributed by atoms with E-state index in [0.717, 1.165) is 5.56 Å². The van der Waals surface area contributed by atoms with E-state index in [-0.39, 0.29) is 22.1 Å². The van der Waals surface area contributed by atoms with Gasteiger partial charge in [-0.1, -0.05) is 11.6 Å². The molecule has 9 heteroatoms. The van der Waals surface area contributed by atoms with Crippen LogP contribution in [0.1, 0.15) is 16.1 Å². The molecule has 0 aliphatic rings. The molecule has 1 N–H and O–H groups in total. The number of halogens is 1. The van der Waals surface area contributed by atoms with Crippen LogP contribution in [0.15, 0.2) is 48.5 Å². The molecule has 0 fully saturated rings. The second-order valence-electron chi connectivity index (χ2n) is 5.90. The van der Waals surface area contributed by atoms with E-state index >= 15 is 0 Å². The number of ether oxygens (including phenoxy) is 2. The van der Waals surface area contributed by atoms with Crippen molar-refractivity contribution in [2.45, 2.75) is 0 Å². The minimum absolute atomic E-state index is 0.0912. The molecule has 2 aromatic carbocycles. The number of H-pyrrole nitrogens is 1. The van der Waals surface area contributed by atoms with Crippen molar-refractivity contribution in [3.8, 4) is 22.8 Å². The molecule has 0 spiro atoms. The second-order valence-corrected chi connectivity index (χ2v) is 6.31. The Labute approximate surface area is 170 Å². The highest BCUT2D eigenvalue weighted by Crippen LogP contribution is 2.32. The average Bonchev–Trinajstić information content (AvgIpc) is 3.20. The van der Waals surface area contributed by atoms with Crippen LogP contribution >= 0.6 is 11.6 Å². The van der Waals surface area contributed by atoms with E-state index in [2.05, 4.69) is 10.2 Å². The van der Waals surface area contributed by atoms with Crippen LogP contribution in [0.2, 0.25) is 5.02 Å². The number of nitrogens with one attached hydrogen (secondary N) is 1. The molecule has 0 aliphatic heterocycles. The number of nitro benzene ring substituents is 1. The highest BCUT2D eigenvalue weighted by atomic mass is 35.5. The van der Waals surface area contributed by atoms with Gasteiger partial charge in [-0.25, -0.2) is 0 Å². The number of nitro groups is 1. The van der Waals surface area contributed by atoms with Gasteiger partial charge in [0.1, 0.15) is 5.02 Å². The zero-order valence-corrected chi connectivity index (χ0v) is 16.3. The third kappa shape index (κ3) is 4.44. The molecule has 3 rings (SSSR count). The summed E-state index contributed by atoms with van der Waals surface area (Å²) < 4.78 is 10.5.